The number of benzene rings is 3. The number of ether oxygens (including phenoxy) is 1. The number of rotatable bonds is 10. The van der Waals surface area contributed by atoms with Gasteiger partial charge in [-0.15, -0.1) is 0 Å². The lowest BCUT2D eigenvalue weighted by Crippen LogP contribution is -2.30. The van der Waals surface area contributed by atoms with Gasteiger partial charge >= 0.3 is 5.97 Å². The molecule has 0 saturated heterocycles. The van der Waals surface area contributed by atoms with Crippen molar-refractivity contribution in [2.24, 2.45) is 0 Å². The number of aromatic nitrogens is 2. The zero-order valence-electron chi connectivity index (χ0n) is 21.7. The van der Waals surface area contributed by atoms with Gasteiger partial charge in [-0.1, -0.05) is 54.6 Å². The van der Waals surface area contributed by atoms with Crippen molar-refractivity contribution in [3.8, 4) is 17.0 Å². The molecule has 0 aliphatic carbocycles. The first-order chi connectivity index (χ1) is 19.4. The van der Waals surface area contributed by atoms with Crippen molar-refractivity contribution in [3.05, 3.63) is 120 Å². The number of aliphatic carboxylic acids is 1. The molecule has 5 rings (SSSR count). The zero-order chi connectivity index (χ0) is 28.1. The third-order valence-corrected chi connectivity index (χ3v) is 6.50. The number of nitrogens with one attached hydrogen (secondary N) is 2. The summed E-state index contributed by atoms with van der Waals surface area (Å²) in [6, 6.07) is 25.3. The van der Waals surface area contributed by atoms with Gasteiger partial charge in [0.15, 0.2) is 5.65 Å². The zero-order valence-corrected chi connectivity index (χ0v) is 21.7. The lowest BCUT2D eigenvalue weighted by Gasteiger charge is -2.18. The van der Waals surface area contributed by atoms with Crippen LogP contribution in [-0.2, 0) is 11.3 Å². The lowest BCUT2D eigenvalue weighted by molar-refractivity contribution is -0.137. The number of anilines is 1. The van der Waals surface area contributed by atoms with Gasteiger partial charge in [-0.25, -0.2) is 9.37 Å². The maximum Gasteiger partial charge on any atom is 0.305 e. The Balaban J connectivity index is 1.55. The summed E-state index contributed by atoms with van der Waals surface area (Å²) in [5, 5.41) is 15.7. The highest BCUT2D eigenvalue weighted by molar-refractivity contribution is 6.01. The molecule has 2 aromatic heterocycles. The van der Waals surface area contributed by atoms with E-state index in [2.05, 4.69) is 10.6 Å². The first-order valence-corrected chi connectivity index (χ1v) is 12.6. The Morgan fingerprint density at radius 2 is 1.77 bits per heavy atom. The van der Waals surface area contributed by atoms with Crippen molar-refractivity contribution in [3.63, 3.8) is 0 Å². The lowest BCUT2D eigenvalue weighted by atomic mass is 10.0. The van der Waals surface area contributed by atoms with E-state index in [1.54, 1.807) is 23.6 Å². The van der Waals surface area contributed by atoms with Crippen LogP contribution in [0.2, 0.25) is 0 Å². The fraction of sp³-hybridized carbons (Fsp3) is 0.129. The average Bonchev–Trinajstić information content (AvgIpc) is 3.35. The second-order valence-electron chi connectivity index (χ2n) is 9.17. The number of carboxylic acid groups (broad SMARTS) is 1. The minimum Gasteiger partial charge on any atom is -0.497 e. The maximum absolute atomic E-state index is 13.6. The summed E-state index contributed by atoms with van der Waals surface area (Å²) in [7, 11) is 1.59. The second-order valence-corrected chi connectivity index (χ2v) is 9.17. The van der Waals surface area contributed by atoms with Crippen molar-refractivity contribution < 1.29 is 23.8 Å². The van der Waals surface area contributed by atoms with Gasteiger partial charge in [0.1, 0.15) is 23.1 Å². The van der Waals surface area contributed by atoms with Crippen LogP contribution in [0.3, 0.4) is 0 Å². The molecule has 0 bridgehead atoms. The van der Waals surface area contributed by atoms with Crippen LogP contribution < -0.4 is 15.4 Å². The van der Waals surface area contributed by atoms with Crippen LogP contribution in [0.25, 0.3) is 16.9 Å². The van der Waals surface area contributed by atoms with Gasteiger partial charge in [-0.05, 0) is 47.5 Å². The van der Waals surface area contributed by atoms with E-state index in [-0.39, 0.29) is 12.0 Å². The summed E-state index contributed by atoms with van der Waals surface area (Å²) in [5.74, 6) is -0.703. The minimum absolute atomic E-state index is 0.261. The number of hydrogen-bond acceptors (Lipinski definition) is 5. The van der Waals surface area contributed by atoms with E-state index in [0.717, 1.165) is 11.1 Å². The predicted molar refractivity (Wildman–Crippen MR) is 150 cm³/mol. The number of hydrogen-bond donors (Lipinski definition) is 3. The number of amides is 1. The maximum atomic E-state index is 13.6. The monoisotopic (exact) mass is 538 g/mol. The van der Waals surface area contributed by atoms with Gasteiger partial charge in [0.05, 0.1) is 25.1 Å². The Hall–Kier alpha value is -5.18. The predicted octanol–water partition coefficient (Wildman–Crippen LogP) is 5.71. The molecule has 0 radical (unpaired) electrons. The van der Waals surface area contributed by atoms with Crippen LogP contribution in [0.4, 0.5) is 10.2 Å². The van der Waals surface area contributed by atoms with E-state index in [1.165, 1.54) is 24.3 Å². The molecule has 5 aromatic rings. The number of pyridine rings is 1. The summed E-state index contributed by atoms with van der Waals surface area (Å²) < 4.78 is 20.7. The number of carboxylic acids is 1. The Bertz CT molecular complexity index is 1650. The highest BCUT2D eigenvalue weighted by atomic mass is 19.1. The molecule has 0 saturated carbocycles. The molecule has 0 aliphatic heterocycles. The number of carbonyl (C=O) groups excluding carboxylic acids is 1. The van der Waals surface area contributed by atoms with Crippen LogP contribution in [0.5, 0.6) is 5.75 Å². The van der Waals surface area contributed by atoms with Crippen molar-refractivity contribution >= 4 is 23.3 Å². The van der Waals surface area contributed by atoms with Crippen molar-refractivity contribution in [1.29, 1.82) is 0 Å². The second kappa shape index (κ2) is 11.7. The summed E-state index contributed by atoms with van der Waals surface area (Å²) in [4.78, 5) is 30.0. The van der Waals surface area contributed by atoms with Gasteiger partial charge in [-0.3, -0.25) is 14.0 Å². The molecule has 2 heterocycles. The third-order valence-electron chi connectivity index (χ3n) is 6.50. The molecule has 0 fully saturated rings. The molecule has 202 valence electrons. The standard InChI is InChI=1S/C31H27FN4O4/c1-40-24-10-5-9-22(17-24)28-30(33-19-20-7-3-2-4-8-20)36-16-6-11-25(29(36)35-28)31(39)34-26(18-27(37)38)21-12-14-23(32)15-13-21/h2-17,26,33H,18-19H2,1H3,(H,34,39)(H,37,38). The van der Waals surface area contributed by atoms with Crippen LogP contribution in [0.1, 0.15) is 33.9 Å². The molecular weight excluding hydrogens is 511 g/mol. The molecule has 0 spiro atoms. The number of methoxy groups -OCH3 is 1. The molecular formula is C31H27FN4O4. The quantitative estimate of drug-likeness (QED) is 0.211. The van der Waals surface area contributed by atoms with E-state index < -0.39 is 23.7 Å². The minimum atomic E-state index is -1.10. The van der Waals surface area contributed by atoms with Crippen molar-refractivity contribution in [1.82, 2.24) is 14.7 Å². The fourth-order valence-corrected chi connectivity index (χ4v) is 4.53. The SMILES string of the molecule is COc1cccc(-c2nc3c(C(=O)NC(CC(=O)O)c4ccc(F)cc4)cccn3c2NCc2ccccc2)c1. The van der Waals surface area contributed by atoms with Gasteiger partial charge < -0.3 is 20.5 Å². The van der Waals surface area contributed by atoms with Crippen LogP contribution in [-0.4, -0.2) is 33.5 Å². The number of nitrogens with zero attached hydrogens (tertiary/aromatic N) is 2. The van der Waals surface area contributed by atoms with E-state index >= 15 is 0 Å². The van der Waals surface area contributed by atoms with Crippen molar-refractivity contribution in [2.75, 3.05) is 12.4 Å². The van der Waals surface area contributed by atoms with Gasteiger partial charge in [-0.2, -0.15) is 0 Å². The number of fused-ring (bicyclic) bond motifs is 1. The summed E-state index contributed by atoms with van der Waals surface area (Å²) in [6.45, 7) is 0.521. The first kappa shape index (κ1) is 26.4. The Morgan fingerprint density at radius 1 is 1.00 bits per heavy atom. The summed E-state index contributed by atoms with van der Waals surface area (Å²) in [5.41, 5.74) is 3.61. The Morgan fingerprint density at radius 3 is 2.50 bits per heavy atom. The van der Waals surface area contributed by atoms with E-state index in [9.17, 15) is 19.1 Å². The number of carbonyl (C=O) groups is 2. The molecule has 1 unspecified atom stereocenters. The van der Waals surface area contributed by atoms with Crippen LogP contribution in [0, 0.1) is 5.82 Å². The molecule has 9 heteroatoms. The molecule has 40 heavy (non-hydrogen) atoms. The largest absolute Gasteiger partial charge is 0.497 e. The van der Waals surface area contributed by atoms with Gasteiger partial charge in [0, 0.05) is 18.3 Å². The normalized spacial score (nSPS) is 11.7. The average molecular weight is 539 g/mol. The molecule has 3 aromatic carbocycles. The topological polar surface area (TPSA) is 105 Å². The fourth-order valence-electron chi connectivity index (χ4n) is 4.53. The number of halogens is 1. The third kappa shape index (κ3) is 5.78. The van der Waals surface area contributed by atoms with Gasteiger partial charge in [0.2, 0.25) is 0 Å². The van der Waals surface area contributed by atoms with Crippen LogP contribution >= 0.6 is 0 Å². The van der Waals surface area contributed by atoms with E-state index in [1.807, 2.05) is 60.8 Å². The highest BCUT2D eigenvalue weighted by Crippen LogP contribution is 2.32. The van der Waals surface area contributed by atoms with Crippen LogP contribution in [0.15, 0.2) is 97.2 Å². The van der Waals surface area contributed by atoms with E-state index in [0.29, 0.717) is 35.0 Å². The molecule has 1 amide bonds. The highest BCUT2D eigenvalue weighted by Gasteiger charge is 2.23. The molecule has 3 N–H and O–H groups in total. The summed E-state index contributed by atoms with van der Waals surface area (Å²) >= 11 is 0. The van der Waals surface area contributed by atoms with Crippen molar-refractivity contribution in [2.45, 2.75) is 19.0 Å². The number of imidazole rings is 1. The Labute approximate surface area is 230 Å². The smallest absolute Gasteiger partial charge is 0.305 e. The van der Waals surface area contributed by atoms with Gasteiger partial charge in [0.25, 0.3) is 5.91 Å². The Kier molecular flexibility index (Phi) is 7.72. The first-order valence-electron chi connectivity index (χ1n) is 12.6. The molecule has 8 nitrogen and oxygen atoms in total. The molecule has 1 atom stereocenters. The molecule has 0 aliphatic rings. The summed E-state index contributed by atoms with van der Waals surface area (Å²) in [6.07, 6.45) is 1.44. The van der Waals surface area contributed by atoms with E-state index in [4.69, 9.17) is 9.72 Å².